The Kier molecular flexibility index (Phi) is 4.19. The van der Waals surface area contributed by atoms with Crippen LogP contribution in [0.15, 0.2) is 40.9 Å². The molecule has 0 aliphatic carbocycles. The Hall–Kier alpha value is -1.13. The first-order chi connectivity index (χ1) is 8.56. The zero-order valence-electron chi connectivity index (χ0n) is 9.09. The molecule has 0 N–H and O–H groups in total. The van der Waals surface area contributed by atoms with Gasteiger partial charge in [0.1, 0.15) is 24.0 Å². The molecule has 94 valence electrons. The molecule has 5 heteroatoms. The van der Waals surface area contributed by atoms with Crippen molar-refractivity contribution in [1.29, 1.82) is 0 Å². The van der Waals surface area contributed by atoms with Crippen molar-refractivity contribution < 1.29 is 13.5 Å². The maximum Gasteiger partial charge on any atom is 0.132 e. The van der Waals surface area contributed by atoms with Crippen LogP contribution in [0, 0.1) is 11.6 Å². The summed E-state index contributed by atoms with van der Waals surface area (Å²) in [6.07, 6.45) is 0. The quantitative estimate of drug-likeness (QED) is 0.771. The maximum atomic E-state index is 13.4. The first kappa shape index (κ1) is 13.3. The van der Waals surface area contributed by atoms with Crippen LogP contribution in [0.4, 0.5) is 8.78 Å². The second-order valence-corrected chi connectivity index (χ2v) is 4.95. The minimum atomic E-state index is -0.629. The fraction of sp³-hybridized carbons (Fsp3) is 0.0769. The van der Waals surface area contributed by atoms with Gasteiger partial charge < -0.3 is 4.74 Å². The van der Waals surface area contributed by atoms with E-state index in [2.05, 4.69) is 15.9 Å². The second kappa shape index (κ2) is 5.67. The number of ether oxygens (including phenoxy) is 1. The van der Waals surface area contributed by atoms with Gasteiger partial charge in [-0.1, -0.05) is 33.6 Å². The number of benzene rings is 2. The molecular weight excluding hydrogens is 325 g/mol. The van der Waals surface area contributed by atoms with Crippen LogP contribution in [-0.2, 0) is 6.61 Å². The van der Waals surface area contributed by atoms with Crippen LogP contribution in [0.3, 0.4) is 0 Å². The summed E-state index contributed by atoms with van der Waals surface area (Å²) in [7, 11) is 0. The highest BCUT2D eigenvalue weighted by atomic mass is 79.9. The molecule has 1 nitrogen and oxygen atoms in total. The van der Waals surface area contributed by atoms with Gasteiger partial charge in [0, 0.05) is 9.50 Å². The Labute approximate surface area is 116 Å². The van der Waals surface area contributed by atoms with Gasteiger partial charge in [-0.25, -0.2) is 8.78 Å². The largest absolute Gasteiger partial charge is 0.489 e. The summed E-state index contributed by atoms with van der Waals surface area (Å²) in [4.78, 5) is 0. The van der Waals surface area contributed by atoms with Crippen molar-refractivity contribution in [1.82, 2.24) is 0 Å². The fourth-order valence-corrected chi connectivity index (χ4v) is 2.27. The van der Waals surface area contributed by atoms with E-state index in [1.54, 1.807) is 18.2 Å². The van der Waals surface area contributed by atoms with Gasteiger partial charge >= 0.3 is 0 Å². The second-order valence-electron chi connectivity index (χ2n) is 3.59. The van der Waals surface area contributed by atoms with Gasteiger partial charge in [0.25, 0.3) is 0 Å². The Morgan fingerprint density at radius 3 is 2.39 bits per heavy atom. The Bertz CT molecular complexity index is 534. The number of halogens is 4. The van der Waals surface area contributed by atoms with Crippen LogP contribution in [-0.4, -0.2) is 0 Å². The topological polar surface area (TPSA) is 9.23 Å². The molecule has 0 bridgehead atoms. The van der Waals surface area contributed by atoms with Crippen molar-refractivity contribution >= 4 is 27.5 Å². The standard InChI is InChI=1S/C13H8BrClF2O/c14-8-4-9(15)6-10(5-8)18-7-11-12(16)2-1-3-13(11)17/h1-6H,7H2. The van der Waals surface area contributed by atoms with Crippen molar-refractivity contribution in [2.24, 2.45) is 0 Å². The van der Waals surface area contributed by atoms with Crippen molar-refractivity contribution in [2.75, 3.05) is 0 Å². The molecule has 0 spiro atoms. The third-order valence-electron chi connectivity index (χ3n) is 2.28. The van der Waals surface area contributed by atoms with Crippen molar-refractivity contribution in [3.63, 3.8) is 0 Å². The average molecular weight is 334 g/mol. The summed E-state index contributed by atoms with van der Waals surface area (Å²) in [6.45, 7) is -0.189. The summed E-state index contributed by atoms with van der Waals surface area (Å²) in [6, 6.07) is 8.63. The zero-order valence-corrected chi connectivity index (χ0v) is 11.4. The number of hydrogen-bond donors (Lipinski definition) is 0. The molecule has 0 fully saturated rings. The van der Waals surface area contributed by atoms with Gasteiger partial charge in [-0.2, -0.15) is 0 Å². The van der Waals surface area contributed by atoms with Crippen LogP contribution in [0.5, 0.6) is 5.75 Å². The van der Waals surface area contributed by atoms with Crippen LogP contribution in [0.1, 0.15) is 5.56 Å². The number of hydrogen-bond acceptors (Lipinski definition) is 1. The van der Waals surface area contributed by atoms with Crippen molar-refractivity contribution in [2.45, 2.75) is 6.61 Å². The van der Waals surface area contributed by atoms with Gasteiger partial charge in [0.15, 0.2) is 0 Å². The van der Waals surface area contributed by atoms with Crippen molar-refractivity contribution in [3.8, 4) is 5.75 Å². The predicted molar refractivity (Wildman–Crippen MR) is 69.8 cm³/mol. The minimum Gasteiger partial charge on any atom is -0.489 e. The van der Waals surface area contributed by atoms with Crippen LogP contribution in [0.2, 0.25) is 5.02 Å². The Morgan fingerprint density at radius 1 is 1.11 bits per heavy atom. The number of rotatable bonds is 3. The molecule has 0 radical (unpaired) electrons. The van der Waals surface area contributed by atoms with Gasteiger partial charge in [-0.05, 0) is 30.3 Å². The van der Waals surface area contributed by atoms with Crippen LogP contribution in [0.25, 0.3) is 0 Å². The Morgan fingerprint density at radius 2 is 1.78 bits per heavy atom. The molecule has 0 aromatic heterocycles. The van der Waals surface area contributed by atoms with E-state index < -0.39 is 11.6 Å². The van der Waals surface area contributed by atoms with E-state index in [0.717, 1.165) is 4.47 Å². The van der Waals surface area contributed by atoms with E-state index in [4.69, 9.17) is 16.3 Å². The molecule has 0 atom stereocenters. The Balaban J connectivity index is 2.16. The lowest BCUT2D eigenvalue weighted by molar-refractivity contribution is 0.292. The highest BCUT2D eigenvalue weighted by molar-refractivity contribution is 9.10. The highest BCUT2D eigenvalue weighted by Gasteiger charge is 2.09. The van der Waals surface area contributed by atoms with Gasteiger partial charge in [-0.3, -0.25) is 0 Å². The first-order valence-corrected chi connectivity index (χ1v) is 6.25. The van der Waals surface area contributed by atoms with Crippen LogP contribution < -0.4 is 4.74 Å². The molecule has 2 aromatic carbocycles. The van der Waals surface area contributed by atoms with E-state index >= 15 is 0 Å². The molecule has 0 saturated heterocycles. The lowest BCUT2D eigenvalue weighted by atomic mass is 10.2. The van der Waals surface area contributed by atoms with Gasteiger partial charge in [-0.15, -0.1) is 0 Å². The molecule has 18 heavy (non-hydrogen) atoms. The third kappa shape index (κ3) is 3.21. The molecule has 0 aliphatic heterocycles. The molecule has 2 rings (SSSR count). The third-order valence-corrected chi connectivity index (χ3v) is 2.96. The highest BCUT2D eigenvalue weighted by Crippen LogP contribution is 2.25. The summed E-state index contributed by atoms with van der Waals surface area (Å²) < 4.78 is 32.8. The minimum absolute atomic E-state index is 0.103. The fourth-order valence-electron chi connectivity index (χ4n) is 1.44. The molecular formula is C13H8BrClF2O. The lowest BCUT2D eigenvalue weighted by Crippen LogP contribution is -2.01. The summed E-state index contributed by atoms with van der Waals surface area (Å²) in [5, 5.41) is 0.480. The van der Waals surface area contributed by atoms with E-state index in [-0.39, 0.29) is 12.2 Å². The van der Waals surface area contributed by atoms with E-state index in [1.807, 2.05) is 0 Å². The summed E-state index contributed by atoms with van der Waals surface area (Å²) >= 11 is 9.09. The molecule has 0 aliphatic rings. The maximum absolute atomic E-state index is 13.4. The van der Waals surface area contributed by atoms with Crippen LogP contribution >= 0.6 is 27.5 Å². The molecule has 2 aromatic rings. The zero-order chi connectivity index (χ0) is 13.1. The summed E-state index contributed by atoms with van der Waals surface area (Å²) in [5.74, 6) is -0.816. The first-order valence-electron chi connectivity index (χ1n) is 5.08. The monoisotopic (exact) mass is 332 g/mol. The smallest absolute Gasteiger partial charge is 0.132 e. The SMILES string of the molecule is Fc1cccc(F)c1COc1cc(Cl)cc(Br)c1. The molecule has 0 saturated carbocycles. The van der Waals surface area contributed by atoms with Gasteiger partial charge in [0.2, 0.25) is 0 Å². The molecule has 0 unspecified atom stereocenters. The normalized spacial score (nSPS) is 10.4. The lowest BCUT2D eigenvalue weighted by Gasteiger charge is -2.08. The molecule has 0 amide bonds. The van der Waals surface area contributed by atoms with E-state index in [1.165, 1.54) is 18.2 Å². The summed E-state index contributed by atoms with van der Waals surface area (Å²) in [5.41, 5.74) is -0.103. The van der Waals surface area contributed by atoms with Crippen molar-refractivity contribution in [3.05, 3.63) is 63.1 Å². The predicted octanol–water partition coefficient (Wildman–Crippen LogP) is 4.96. The van der Waals surface area contributed by atoms with Gasteiger partial charge in [0.05, 0.1) is 5.56 Å². The average Bonchev–Trinajstić information content (AvgIpc) is 2.27. The van der Waals surface area contributed by atoms with E-state index in [9.17, 15) is 8.78 Å². The van der Waals surface area contributed by atoms with E-state index in [0.29, 0.717) is 10.8 Å². The molecule has 0 heterocycles.